The van der Waals surface area contributed by atoms with Gasteiger partial charge in [0.2, 0.25) is 0 Å². The normalized spacial score (nSPS) is 10.7. The molecule has 5 nitrogen and oxygen atoms in total. The van der Waals surface area contributed by atoms with Crippen LogP contribution in [0.3, 0.4) is 0 Å². The third kappa shape index (κ3) is 3.56. The summed E-state index contributed by atoms with van der Waals surface area (Å²) in [6.45, 7) is 0.641. The highest BCUT2D eigenvalue weighted by molar-refractivity contribution is 6.05. The largest absolute Gasteiger partial charge is 0.435 e. The number of hydrogen-bond acceptors (Lipinski definition) is 4. The lowest BCUT2D eigenvalue weighted by Gasteiger charge is -2.07. The van der Waals surface area contributed by atoms with Crippen LogP contribution in [-0.4, -0.2) is 17.7 Å². The maximum absolute atomic E-state index is 12.2. The van der Waals surface area contributed by atoms with Gasteiger partial charge < -0.3 is 14.6 Å². The number of carbonyl (C=O) groups is 1. The fraction of sp³-hybridized carbons (Fsp3) is 0.286. The van der Waals surface area contributed by atoms with Gasteiger partial charge in [-0.3, -0.25) is 4.79 Å². The molecule has 0 aliphatic carbocycles. The zero-order valence-electron chi connectivity index (χ0n) is 11.5. The predicted octanol–water partition coefficient (Wildman–Crippen LogP) is 3.40. The van der Waals surface area contributed by atoms with Crippen LogP contribution in [0, 0.1) is 6.92 Å². The van der Waals surface area contributed by atoms with Crippen molar-refractivity contribution in [2.24, 2.45) is 0 Å². The molecule has 0 spiro atoms. The molecule has 1 aromatic carbocycles. The lowest BCUT2D eigenvalue weighted by molar-refractivity contribution is -0.0498. The molecule has 1 heterocycles. The Hall–Kier alpha value is -2.44. The standard InChI is InChI=1S/C14H14F2N2O3/c1-3-11-12(8(2)21-18-11)13(19)17-9-4-6-10(7-5-9)20-14(15)16/h4-7,14H,3H2,1-2H3,(H,17,19). The van der Waals surface area contributed by atoms with Crippen LogP contribution in [0.15, 0.2) is 28.8 Å². The van der Waals surface area contributed by atoms with Gasteiger partial charge in [0.1, 0.15) is 17.1 Å². The van der Waals surface area contributed by atoms with E-state index < -0.39 is 6.61 Å². The molecule has 0 unspecified atom stereocenters. The highest BCUT2D eigenvalue weighted by Gasteiger charge is 2.19. The zero-order chi connectivity index (χ0) is 15.4. The van der Waals surface area contributed by atoms with E-state index in [4.69, 9.17) is 4.52 Å². The van der Waals surface area contributed by atoms with Gasteiger partial charge in [-0.15, -0.1) is 0 Å². The molecule has 112 valence electrons. The molecule has 1 amide bonds. The van der Waals surface area contributed by atoms with Crippen LogP contribution in [-0.2, 0) is 6.42 Å². The number of aryl methyl sites for hydroxylation is 2. The van der Waals surface area contributed by atoms with Crippen molar-refractivity contribution < 1.29 is 22.8 Å². The molecule has 21 heavy (non-hydrogen) atoms. The van der Waals surface area contributed by atoms with E-state index >= 15 is 0 Å². The second-order valence-electron chi connectivity index (χ2n) is 4.27. The minimum absolute atomic E-state index is 0.0263. The Kier molecular flexibility index (Phi) is 4.52. The van der Waals surface area contributed by atoms with E-state index in [1.807, 2.05) is 6.92 Å². The number of anilines is 1. The van der Waals surface area contributed by atoms with E-state index in [0.717, 1.165) is 0 Å². The SMILES string of the molecule is CCc1noc(C)c1C(=O)Nc1ccc(OC(F)F)cc1. The molecular formula is C14H14F2N2O3. The topological polar surface area (TPSA) is 64.4 Å². The van der Waals surface area contributed by atoms with E-state index in [9.17, 15) is 13.6 Å². The maximum Gasteiger partial charge on any atom is 0.387 e. The summed E-state index contributed by atoms with van der Waals surface area (Å²) in [5.74, 6) is 0.105. The average molecular weight is 296 g/mol. The molecule has 0 radical (unpaired) electrons. The molecule has 0 saturated heterocycles. The zero-order valence-corrected chi connectivity index (χ0v) is 11.5. The number of ether oxygens (including phenoxy) is 1. The molecule has 0 atom stereocenters. The Labute approximate surface area is 119 Å². The Morgan fingerprint density at radius 3 is 2.62 bits per heavy atom. The molecule has 7 heteroatoms. The molecule has 0 fully saturated rings. The molecule has 0 aliphatic rings. The Morgan fingerprint density at radius 2 is 2.05 bits per heavy atom. The highest BCUT2D eigenvalue weighted by Crippen LogP contribution is 2.20. The van der Waals surface area contributed by atoms with Gasteiger partial charge in [0.15, 0.2) is 0 Å². The number of benzene rings is 1. The minimum Gasteiger partial charge on any atom is -0.435 e. The van der Waals surface area contributed by atoms with Gasteiger partial charge >= 0.3 is 6.61 Å². The van der Waals surface area contributed by atoms with Crippen LogP contribution >= 0.6 is 0 Å². The van der Waals surface area contributed by atoms with Crippen LogP contribution in [0.5, 0.6) is 5.75 Å². The number of hydrogen-bond donors (Lipinski definition) is 1. The number of nitrogens with zero attached hydrogens (tertiary/aromatic N) is 1. The van der Waals surface area contributed by atoms with Gasteiger partial charge in [-0.1, -0.05) is 12.1 Å². The van der Waals surface area contributed by atoms with Crippen LogP contribution in [0.25, 0.3) is 0 Å². The van der Waals surface area contributed by atoms with Crippen molar-refractivity contribution in [3.8, 4) is 5.75 Å². The summed E-state index contributed by atoms with van der Waals surface area (Å²) in [5.41, 5.74) is 1.43. The first-order valence-corrected chi connectivity index (χ1v) is 6.32. The number of nitrogens with one attached hydrogen (secondary N) is 1. The summed E-state index contributed by atoms with van der Waals surface area (Å²) in [6, 6.07) is 5.65. The van der Waals surface area contributed by atoms with Gasteiger partial charge in [-0.05, 0) is 37.6 Å². The number of amides is 1. The highest BCUT2D eigenvalue weighted by atomic mass is 19.3. The molecule has 0 saturated carbocycles. The van der Waals surface area contributed by atoms with Gasteiger partial charge in [-0.2, -0.15) is 8.78 Å². The molecular weight excluding hydrogens is 282 g/mol. The first-order valence-electron chi connectivity index (χ1n) is 6.32. The molecule has 0 bridgehead atoms. The lowest BCUT2D eigenvalue weighted by Crippen LogP contribution is -2.14. The van der Waals surface area contributed by atoms with Crippen LogP contribution in [0.2, 0.25) is 0 Å². The Morgan fingerprint density at radius 1 is 1.38 bits per heavy atom. The van der Waals surface area contributed by atoms with Crippen molar-refractivity contribution >= 4 is 11.6 Å². The number of aromatic nitrogens is 1. The van der Waals surface area contributed by atoms with Crippen molar-refractivity contribution in [1.29, 1.82) is 0 Å². The van der Waals surface area contributed by atoms with Crippen molar-refractivity contribution in [2.45, 2.75) is 26.9 Å². The first-order chi connectivity index (χ1) is 10.0. The molecule has 1 aromatic heterocycles. The number of alkyl halides is 2. The number of carbonyl (C=O) groups excluding carboxylic acids is 1. The first kappa shape index (κ1) is 15.0. The summed E-state index contributed by atoms with van der Waals surface area (Å²) < 4.78 is 33.3. The second-order valence-corrected chi connectivity index (χ2v) is 4.27. The fourth-order valence-electron chi connectivity index (χ4n) is 1.86. The predicted molar refractivity (Wildman–Crippen MR) is 71.6 cm³/mol. The lowest BCUT2D eigenvalue weighted by atomic mass is 10.1. The Bertz CT molecular complexity index is 624. The average Bonchev–Trinajstić information content (AvgIpc) is 2.81. The fourth-order valence-corrected chi connectivity index (χ4v) is 1.86. The van der Waals surface area contributed by atoms with Crippen molar-refractivity contribution in [1.82, 2.24) is 5.16 Å². The monoisotopic (exact) mass is 296 g/mol. The van der Waals surface area contributed by atoms with E-state index in [-0.39, 0.29) is 11.7 Å². The van der Waals surface area contributed by atoms with Gasteiger partial charge in [0.05, 0.1) is 5.69 Å². The summed E-state index contributed by atoms with van der Waals surface area (Å²) in [5, 5.41) is 6.46. The minimum atomic E-state index is -2.88. The molecule has 0 aliphatic heterocycles. The van der Waals surface area contributed by atoms with E-state index in [1.54, 1.807) is 6.92 Å². The van der Waals surface area contributed by atoms with Gasteiger partial charge in [-0.25, -0.2) is 0 Å². The summed E-state index contributed by atoms with van der Waals surface area (Å²) in [6.07, 6.45) is 0.571. The van der Waals surface area contributed by atoms with E-state index in [2.05, 4.69) is 15.2 Å². The smallest absolute Gasteiger partial charge is 0.387 e. The summed E-state index contributed by atoms with van der Waals surface area (Å²) in [7, 11) is 0. The summed E-state index contributed by atoms with van der Waals surface area (Å²) in [4.78, 5) is 12.2. The third-order valence-corrected chi connectivity index (χ3v) is 2.83. The Balaban J connectivity index is 2.10. The van der Waals surface area contributed by atoms with Crippen molar-refractivity contribution in [3.63, 3.8) is 0 Å². The second kappa shape index (κ2) is 6.34. The van der Waals surface area contributed by atoms with Crippen molar-refractivity contribution in [2.75, 3.05) is 5.32 Å². The number of rotatable bonds is 5. The quantitative estimate of drug-likeness (QED) is 0.918. The summed E-state index contributed by atoms with van der Waals surface area (Å²) >= 11 is 0. The van der Waals surface area contributed by atoms with Gasteiger partial charge in [0, 0.05) is 5.69 Å². The van der Waals surface area contributed by atoms with Crippen LogP contribution in [0.1, 0.15) is 28.7 Å². The van der Waals surface area contributed by atoms with E-state index in [0.29, 0.717) is 29.1 Å². The number of halogens is 2. The third-order valence-electron chi connectivity index (χ3n) is 2.83. The van der Waals surface area contributed by atoms with Crippen LogP contribution < -0.4 is 10.1 Å². The molecule has 2 aromatic rings. The maximum atomic E-state index is 12.2. The van der Waals surface area contributed by atoms with Crippen LogP contribution in [0.4, 0.5) is 14.5 Å². The van der Waals surface area contributed by atoms with Crippen molar-refractivity contribution in [3.05, 3.63) is 41.3 Å². The molecule has 2 rings (SSSR count). The molecule has 1 N–H and O–H groups in total. The van der Waals surface area contributed by atoms with Gasteiger partial charge in [0.25, 0.3) is 5.91 Å². The van der Waals surface area contributed by atoms with E-state index in [1.165, 1.54) is 24.3 Å².